The molecule has 0 radical (unpaired) electrons. The van der Waals surface area contributed by atoms with E-state index < -0.39 is 0 Å². The number of anilines is 1. The molecule has 0 saturated carbocycles. The third-order valence-corrected chi connectivity index (χ3v) is 2.54. The molecule has 0 bridgehead atoms. The first-order valence-corrected chi connectivity index (χ1v) is 4.70. The van der Waals surface area contributed by atoms with Crippen LogP contribution in [0.15, 0.2) is 18.3 Å². The lowest BCUT2D eigenvalue weighted by Crippen LogP contribution is -1.92. The van der Waals surface area contributed by atoms with Crippen LogP contribution in [0.1, 0.15) is 11.1 Å². The summed E-state index contributed by atoms with van der Waals surface area (Å²) in [6.07, 6.45) is 2.57. The lowest BCUT2D eigenvalue weighted by atomic mass is 10.1. The number of aliphatic hydroxyl groups is 1. The van der Waals surface area contributed by atoms with Gasteiger partial charge in [-0.25, -0.2) is 0 Å². The second-order valence-electron chi connectivity index (χ2n) is 3.51. The molecule has 1 heterocycles. The van der Waals surface area contributed by atoms with Crippen molar-refractivity contribution in [3.8, 4) is 0 Å². The van der Waals surface area contributed by atoms with E-state index in [4.69, 9.17) is 10.8 Å². The number of aromatic amines is 1. The predicted octanol–water partition coefficient (Wildman–Crippen LogP) is 1.59. The Bertz CT molecular complexity index is 460. The zero-order valence-corrected chi connectivity index (χ0v) is 8.17. The molecule has 0 atom stereocenters. The van der Waals surface area contributed by atoms with Crippen LogP contribution in [0.4, 0.5) is 5.69 Å². The van der Waals surface area contributed by atoms with Gasteiger partial charge in [0.2, 0.25) is 0 Å². The fourth-order valence-electron chi connectivity index (χ4n) is 1.80. The Labute approximate surface area is 82.6 Å². The summed E-state index contributed by atoms with van der Waals surface area (Å²) in [5.74, 6) is 0. The van der Waals surface area contributed by atoms with Gasteiger partial charge in [0.15, 0.2) is 0 Å². The van der Waals surface area contributed by atoms with Crippen molar-refractivity contribution in [2.24, 2.45) is 0 Å². The summed E-state index contributed by atoms with van der Waals surface area (Å²) < 4.78 is 0. The topological polar surface area (TPSA) is 62.0 Å². The maximum absolute atomic E-state index is 8.90. The first-order chi connectivity index (χ1) is 6.74. The van der Waals surface area contributed by atoms with E-state index >= 15 is 0 Å². The summed E-state index contributed by atoms with van der Waals surface area (Å²) in [4.78, 5) is 3.19. The van der Waals surface area contributed by atoms with Crippen LogP contribution in [0, 0.1) is 6.92 Å². The van der Waals surface area contributed by atoms with Crippen LogP contribution in [-0.4, -0.2) is 16.7 Å². The smallest absolute Gasteiger partial charge is 0.0507 e. The van der Waals surface area contributed by atoms with Gasteiger partial charge in [-0.15, -0.1) is 0 Å². The normalized spacial score (nSPS) is 11.0. The minimum Gasteiger partial charge on any atom is -0.398 e. The lowest BCUT2D eigenvalue weighted by Gasteiger charge is -2.02. The van der Waals surface area contributed by atoms with Crippen molar-refractivity contribution in [1.29, 1.82) is 0 Å². The number of hydrogen-bond donors (Lipinski definition) is 3. The zero-order valence-electron chi connectivity index (χ0n) is 8.17. The molecular formula is C11H14N2O. The fourth-order valence-corrected chi connectivity index (χ4v) is 1.80. The molecule has 3 nitrogen and oxygen atoms in total. The molecule has 0 unspecified atom stereocenters. The fraction of sp³-hybridized carbons (Fsp3) is 0.273. The number of fused-ring (bicyclic) bond motifs is 1. The number of rotatable bonds is 2. The summed E-state index contributed by atoms with van der Waals surface area (Å²) in [5.41, 5.74) is 10.0. The summed E-state index contributed by atoms with van der Waals surface area (Å²) in [6, 6.07) is 3.91. The standard InChI is InChI=1S/C11H14N2O/c1-7-2-3-9(12)10-8(4-5-14)6-13-11(7)10/h2-3,6,13-14H,4-5,12H2,1H3. The molecule has 3 heteroatoms. The van der Waals surface area contributed by atoms with Gasteiger partial charge >= 0.3 is 0 Å². The number of aromatic nitrogens is 1. The van der Waals surface area contributed by atoms with Gasteiger partial charge in [0.05, 0.1) is 5.52 Å². The molecule has 0 aliphatic heterocycles. The number of H-pyrrole nitrogens is 1. The SMILES string of the molecule is Cc1ccc(N)c2c(CCO)c[nH]c12. The van der Waals surface area contributed by atoms with E-state index in [2.05, 4.69) is 4.98 Å². The number of nitrogens with one attached hydrogen (secondary N) is 1. The van der Waals surface area contributed by atoms with Crippen molar-refractivity contribution in [2.45, 2.75) is 13.3 Å². The Kier molecular flexibility index (Phi) is 2.17. The molecule has 0 aliphatic rings. The van der Waals surface area contributed by atoms with Crippen molar-refractivity contribution in [1.82, 2.24) is 4.98 Å². The highest BCUT2D eigenvalue weighted by Crippen LogP contribution is 2.27. The summed E-state index contributed by atoms with van der Waals surface area (Å²) in [6.45, 7) is 2.20. The van der Waals surface area contributed by atoms with Gasteiger partial charge in [0.25, 0.3) is 0 Å². The number of nitrogen functional groups attached to an aromatic ring is 1. The Morgan fingerprint density at radius 1 is 1.43 bits per heavy atom. The van der Waals surface area contributed by atoms with E-state index in [1.165, 1.54) is 5.56 Å². The van der Waals surface area contributed by atoms with Gasteiger partial charge in [-0.1, -0.05) is 6.07 Å². The molecule has 2 aromatic rings. The Morgan fingerprint density at radius 2 is 2.21 bits per heavy atom. The molecule has 0 aliphatic carbocycles. The molecule has 0 saturated heterocycles. The van der Waals surface area contributed by atoms with E-state index in [-0.39, 0.29) is 6.61 Å². The number of benzene rings is 1. The van der Waals surface area contributed by atoms with Crippen molar-refractivity contribution in [3.63, 3.8) is 0 Å². The first kappa shape index (κ1) is 9.09. The molecule has 4 N–H and O–H groups in total. The quantitative estimate of drug-likeness (QED) is 0.630. The van der Waals surface area contributed by atoms with Crippen LogP contribution in [0.2, 0.25) is 0 Å². The van der Waals surface area contributed by atoms with E-state index in [1.807, 2.05) is 25.3 Å². The molecule has 74 valence electrons. The third kappa shape index (κ3) is 1.26. The van der Waals surface area contributed by atoms with Crippen LogP contribution in [0.3, 0.4) is 0 Å². The Morgan fingerprint density at radius 3 is 2.93 bits per heavy atom. The highest BCUT2D eigenvalue weighted by molar-refractivity contribution is 5.95. The average Bonchev–Trinajstić information content (AvgIpc) is 2.58. The molecule has 0 fully saturated rings. The van der Waals surface area contributed by atoms with Gasteiger partial charge in [-0.2, -0.15) is 0 Å². The van der Waals surface area contributed by atoms with Crippen LogP contribution >= 0.6 is 0 Å². The van der Waals surface area contributed by atoms with E-state index in [0.29, 0.717) is 6.42 Å². The monoisotopic (exact) mass is 190 g/mol. The van der Waals surface area contributed by atoms with Crippen LogP contribution in [0.25, 0.3) is 10.9 Å². The van der Waals surface area contributed by atoms with Crippen LogP contribution in [0.5, 0.6) is 0 Å². The second-order valence-corrected chi connectivity index (χ2v) is 3.51. The molecular weight excluding hydrogens is 176 g/mol. The van der Waals surface area contributed by atoms with Gasteiger partial charge in [-0.3, -0.25) is 0 Å². The number of aliphatic hydroxyl groups excluding tert-OH is 1. The van der Waals surface area contributed by atoms with E-state index in [9.17, 15) is 0 Å². The van der Waals surface area contributed by atoms with Gasteiger partial charge in [0, 0.05) is 23.9 Å². The van der Waals surface area contributed by atoms with Crippen LogP contribution in [-0.2, 0) is 6.42 Å². The molecule has 0 amide bonds. The molecule has 1 aromatic heterocycles. The minimum atomic E-state index is 0.153. The second kappa shape index (κ2) is 3.35. The van der Waals surface area contributed by atoms with Crippen molar-refractivity contribution in [2.75, 3.05) is 12.3 Å². The molecule has 1 aromatic carbocycles. The number of hydrogen-bond acceptors (Lipinski definition) is 2. The predicted molar refractivity (Wildman–Crippen MR) is 58.2 cm³/mol. The molecule has 0 spiro atoms. The largest absolute Gasteiger partial charge is 0.398 e. The van der Waals surface area contributed by atoms with E-state index in [0.717, 1.165) is 22.2 Å². The average molecular weight is 190 g/mol. The first-order valence-electron chi connectivity index (χ1n) is 4.70. The third-order valence-electron chi connectivity index (χ3n) is 2.54. The highest BCUT2D eigenvalue weighted by atomic mass is 16.2. The van der Waals surface area contributed by atoms with Crippen molar-refractivity contribution in [3.05, 3.63) is 29.5 Å². The Hall–Kier alpha value is -1.48. The van der Waals surface area contributed by atoms with E-state index in [1.54, 1.807) is 0 Å². The minimum absolute atomic E-state index is 0.153. The summed E-state index contributed by atoms with van der Waals surface area (Å²) in [5, 5.41) is 9.96. The Balaban J connectivity index is 2.70. The summed E-state index contributed by atoms with van der Waals surface area (Å²) in [7, 11) is 0. The zero-order chi connectivity index (χ0) is 10.1. The van der Waals surface area contributed by atoms with Gasteiger partial charge in [-0.05, 0) is 30.5 Å². The molecule has 14 heavy (non-hydrogen) atoms. The number of aryl methyl sites for hydroxylation is 1. The van der Waals surface area contributed by atoms with Crippen LogP contribution < -0.4 is 5.73 Å². The van der Waals surface area contributed by atoms with Gasteiger partial charge in [0.1, 0.15) is 0 Å². The van der Waals surface area contributed by atoms with Crippen molar-refractivity contribution >= 4 is 16.6 Å². The van der Waals surface area contributed by atoms with Crippen molar-refractivity contribution < 1.29 is 5.11 Å². The van der Waals surface area contributed by atoms with Gasteiger partial charge < -0.3 is 15.8 Å². The maximum atomic E-state index is 8.90. The molecule has 2 rings (SSSR count). The maximum Gasteiger partial charge on any atom is 0.0507 e. The number of nitrogens with two attached hydrogens (primary N) is 1. The highest BCUT2D eigenvalue weighted by Gasteiger charge is 2.07. The summed E-state index contributed by atoms with van der Waals surface area (Å²) >= 11 is 0. The lowest BCUT2D eigenvalue weighted by molar-refractivity contribution is 0.300.